The number of anilines is 2. The van der Waals surface area contributed by atoms with Crippen molar-refractivity contribution in [2.75, 3.05) is 50.2 Å². The number of para-hydroxylation sites is 2. The van der Waals surface area contributed by atoms with E-state index in [1.54, 1.807) is 43.4 Å². The molecule has 2 unspecified atom stereocenters. The van der Waals surface area contributed by atoms with Gasteiger partial charge in [0, 0.05) is 38.3 Å². The number of hydrogen-bond donors (Lipinski definition) is 0. The number of ether oxygens (including phenoxy) is 2. The van der Waals surface area contributed by atoms with E-state index < -0.39 is 12.0 Å². The summed E-state index contributed by atoms with van der Waals surface area (Å²) in [5, 5.41) is 0. The number of methoxy groups -OCH3 is 2. The SMILES string of the molecule is COc1ccc(N2C(=O)CCC(C(=O)N3CCN(c4ccccc4OC)CC3)C2c2ccc(F)cc2)cc1. The molecular weight excluding hydrogens is 485 g/mol. The first kappa shape index (κ1) is 25.6. The van der Waals surface area contributed by atoms with E-state index in [9.17, 15) is 14.0 Å². The van der Waals surface area contributed by atoms with Gasteiger partial charge >= 0.3 is 0 Å². The van der Waals surface area contributed by atoms with E-state index in [0.717, 1.165) is 17.0 Å². The molecule has 198 valence electrons. The Hall–Kier alpha value is -4.07. The molecule has 7 nitrogen and oxygen atoms in total. The highest BCUT2D eigenvalue weighted by Crippen LogP contribution is 2.41. The highest BCUT2D eigenvalue weighted by molar-refractivity contribution is 5.97. The maximum Gasteiger partial charge on any atom is 0.228 e. The second-order valence-corrected chi connectivity index (χ2v) is 9.59. The van der Waals surface area contributed by atoms with Crippen LogP contribution in [0.2, 0.25) is 0 Å². The average Bonchev–Trinajstić information content (AvgIpc) is 2.97. The molecule has 38 heavy (non-hydrogen) atoms. The predicted molar refractivity (Wildman–Crippen MR) is 144 cm³/mol. The van der Waals surface area contributed by atoms with Crippen LogP contribution in [-0.2, 0) is 9.59 Å². The van der Waals surface area contributed by atoms with E-state index in [2.05, 4.69) is 4.90 Å². The predicted octanol–water partition coefficient (Wildman–Crippen LogP) is 4.68. The van der Waals surface area contributed by atoms with Crippen LogP contribution in [0.1, 0.15) is 24.4 Å². The number of benzene rings is 3. The number of carbonyl (C=O) groups is 2. The molecule has 0 radical (unpaired) electrons. The van der Waals surface area contributed by atoms with Crippen LogP contribution in [0.4, 0.5) is 15.8 Å². The quantitative estimate of drug-likeness (QED) is 0.475. The van der Waals surface area contributed by atoms with Crippen molar-refractivity contribution in [2.24, 2.45) is 5.92 Å². The third-order valence-electron chi connectivity index (χ3n) is 7.49. The van der Waals surface area contributed by atoms with E-state index in [1.165, 1.54) is 12.1 Å². The summed E-state index contributed by atoms with van der Waals surface area (Å²) in [7, 11) is 3.25. The molecule has 2 saturated heterocycles. The summed E-state index contributed by atoms with van der Waals surface area (Å²) >= 11 is 0. The largest absolute Gasteiger partial charge is 0.497 e. The van der Waals surface area contributed by atoms with Gasteiger partial charge in [0.1, 0.15) is 17.3 Å². The lowest BCUT2D eigenvalue weighted by molar-refractivity contribution is -0.138. The molecule has 2 fully saturated rings. The number of nitrogens with zero attached hydrogens (tertiary/aromatic N) is 3. The number of carbonyl (C=O) groups excluding carboxylic acids is 2. The second-order valence-electron chi connectivity index (χ2n) is 9.59. The summed E-state index contributed by atoms with van der Waals surface area (Å²) in [5.41, 5.74) is 2.44. The lowest BCUT2D eigenvalue weighted by Gasteiger charge is -2.44. The molecule has 3 aromatic carbocycles. The molecule has 0 saturated carbocycles. The van der Waals surface area contributed by atoms with Gasteiger partial charge in [-0.15, -0.1) is 0 Å². The first-order valence-electron chi connectivity index (χ1n) is 12.9. The Morgan fingerprint density at radius 2 is 1.55 bits per heavy atom. The third-order valence-corrected chi connectivity index (χ3v) is 7.49. The summed E-state index contributed by atoms with van der Waals surface area (Å²) in [6.45, 7) is 2.50. The van der Waals surface area contributed by atoms with Crippen LogP contribution in [0.25, 0.3) is 0 Å². The Labute approximate surface area is 222 Å². The van der Waals surface area contributed by atoms with Gasteiger partial charge in [-0.25, -0.2) is 4.39 Å². The number of halogens is 1. The number of piperazine rings is 1. The Kier molecular flexibility index (Phi) is 7.49. The molecule has 0 bridgehead atoms. The van der Waals surface area contributed by atoms with Gasteiger partial charge in [0.15, 0.2) is 0 Å². The minimum absolute atomic E-state index is 0.0185. The van der Waals surface area contributed by atoms with E-state index in [4.69, 9.17) is 9.47 Å². The van der Waals surface area contributed by atoms with Crippen LogP contribution in [0.15, 0.2) is 72.8 Å². The standard InChI is InChI=1S/C30H32FN3O4/c1-37-24-13-11-23(12-14-24)34-28(35)16-15-25(29(34)21-7-9-22(31)10-8-21)30(36)33-19-17-32(18-20-33)26-5-3-4-6-27(26)38-2/h3-14,25,29H,15-20H2,1-2H3. The summed E-state index contributed by atoms with van der Waals surface area (Å²) in [6.07, 6.45) is 0.709. The number of amides is 2. The summed E-state index contributed by atoms with van der Waals surface area (Å²) in [5.74, 6) is 0.640. The molecule has 2 amide bonds. The van der Waals surface area contributed by atoms with Crippen LogP contribution in [0.3, 0.4) is 0 Å². The number of piperidine rings is 1. The van der Waals surface area contributed by atoms with Gasteiger partial charge in [-0.05, 0) is 60.5 Å². The maximum absolute atomic E-state index is 14.0. The maximum atomic E-state index is 14.0. The minimum atomic E-state index is -0.537. The molecule has 3 aromatic rings. The van der Waals surface area contributed by atoms with Gasteiger partial charge in [0.05, 0.1) is 31.9 Å². The van der Waals surface area contributed by atoms with Crippen molar-refractivity contribution in [1.29, 1.82) is 0 Å². The normalized spacial score (nSPS) is 19.9. The van der Waals surface area contributed by atoms with Gasteiger partial charge in [-0.1, -0.05) is 24.3 Å². The monoisotopic (exact) mass is 517 g/mol. The Morgan fingerprint density at radius 3 is 2.21 bits per heavy atom. The van der Waals surface area contributed by atoms with Crippen LogP contribution < -0.4 is 19.3 Å². The summed E-state index contributed by atoms with van der Waals surface area (Å²) in [6, 6.07) is 20.7. The van der Waals surface area contributed by atoms with Crippen LogP contribution in [-0.4, -0.2) is 57.1 Å². The zero-order chi connectivity index (χ0) is 26.6. The van der Waals surface area contributed by atoms with Crippen molar-refractivity contribution in [2.45, 2.75) is 18.9 Å². The van der Waals surface area contributed by atoms with Gasteiger partial charge in [0.25, 0.3) is 0 Å². The molecule has 2 aliphatic heterocycles. The fourth-order valence-electron chi connectivity index (χ4n) is 5.53. The third kappa shape index (κ3) is 5.03. The van der Waals surface area contributed by atoms with Gasteiger partial charge in [-0.3, -0.25) is 9.59 Å². The molecule has 0 aromatic heterocycles. The highest BCUT2D eigenvalue weighted by Gasteiger charge is 2.43. The Bertz CT molecular complexity index is 1270. The average molecular weight is 518 g/mol. The van der Waals surface area contributed by atoms with E-state index in [1.807, 2.05) is 41.3 Å². The van der Waals surface area contributed by atoms with E-state index >= 15 is 0 Å². The lowest BCUT2D eigenvalue weighted by Crippen LogP contribution is -2.54. The molecule has 8 heteroatoms. The summed E-state index contributed by atoms with van der Waals surface area (Å²) in [4.78, 5) is 33.1. The smallest absolute Gasteiger partial charge is 0.228 e. The molecule has 2 atom stereocenters. The minimum Gasteiger partial charge on any atom is -0.497 e. The zero-order valence-corrected chi connectivity index (χ0v) is 21.7. The topological polar surface area (TPSA) is 62.3 Å². The van der Waals surface area contributed by atoms with Crippen molar-refractivity contribution in [3.8, 4) is 11.5 Å². The highest BCUT2D eigenvalue weighted by atomic mass is 19.1. The fourth-order valence-corrected chi connectivity index (χ4v) is 5.53. The van der Waals surface area contributed by atoms with E-state index in [-0.39, 0.29) is 24.1 Å². The second kappa shape index (κ2) is 11.1. The molecule has 2 aliphatic rings. The molecule has 2 heterocycles. The van der Waals surface area contributed by atoms with Gasteiger partial charge < -0.3 is 24.2 Å². The fraction of sp³-hybridized carbons (Fsp3) is 0.333. The molecule has 0 N–H and O–H groups in total. The Morgan fingerprint density at radius 1 is 0.868 bits per heavy atom. The molecule has 0 aliphatic carbocycles. The van der Waals surface area contributed by atoms with Crippen molar-refractivity contribution < 1.29 is 23.5 Å². The van der Waals surface area contributed by atoms with Gasteiger partial charge in [-0.2, -0.15) is 0 Å². The molecular formula is C30H32FN3O4. The van der Waals surface area contributed by atoms with Crippen molar-refractivity contribution in [1.82, 2.24) is 4.90 Å². The van der Waals surface area contributed by atoms with Gasteiger partial charge in [0.2, 0.25) is 11.8 Å². The molecule has 5 rings (SSSR count). The van der Waals surface area contributed by atoms with Crippen LogP contribution in [0.5, 0.6) is 11.5 Å². The summed E-state index contributed by atoms with van der Waals surface area (Å²) < 4.78 is 24.6. The van der Waals surface area contributed by atoms with E-state index in [0.29, 0.717) is 44.0 Å². The zero-order valence-electron chi connectivity index (χ0n) is 21.7. The Balaban J connectivity index is 1.41. The van der Waals surface area contributed by atoms with Crippen molar-refractivity contribution in [3.05, 3.63) is 84.2 Å². The van der Waals surface area contributed by atoms with Crippen LogP contribution in [0, 0.1) is 11.7 Å². The lowest BCUT2D eigenvalue weighted by atomic mass is 9.82. The number of rotatable bonds is 6. The number of hydrogen-bond acceptors (Lipinski definition) is 5. The van der Waals surface area contributed by atoms with Crippen molar-refractivity contribution >= 4 is 23.2 Å². The van der Waals surface area contributed by atoms with Crippen LogP contribution >= 0.6 is 0 Å². The van der Waals surface area contributed by atoms with Crippen molar-refractivity contribution in [3.63, 3.8) is 0 Å². The first-order chi connectivity index (χ1) is 18.5. The first-order valence-corrected chi connectivity index (χ1v) is 12.9. The molecule has 0 spiro atoms.